The van der Waals surface area contributed by atoms with Gasteiger partial charge in [-0.15, -0.1) is 0 Å². The van der Waals surface area contributed by atoms with E-state index in [2.05, 4.69) is 22.2 Å². The minimum absolute atomic E-state index is 0.0675. The van der Waals surface area contributed by atoms with E-state index in [1.165, 1.54) is 18.4 Å². The molecule has 0 spiro atoms. The van der Waals surface area contributed by atoms with E-state index in [0.29, 0.717) is 5.91 Å². The van der Waals surface area contributed by atoms with E-state index < -0.39 is 0 Å². The topological polar surface area (TPSA) is 50.2 Å². The van der Waals surface area contributed by atoms with Gasteiger partial charge >= 0.3 is 0 Å². The van der Waals surface area contributed by atoms with Crippen LogP contribution in [0.3, 0.4) is 0 Å². The average molecular weight is 276 g/mol. The van der Waals surface area contributed by atoms with Crippen molar-refractivity contribution in [3.8, 4) is 0 Å². The van der Waals surface area contributed by atoms with Gasteiger partial charge in [0, 0.05) is 45.3 Å². The fourth-order valence-electron chi connectivity index (χ4n) is 3.14. The Kier molecular flexibility index (Phi) is 3.78. The molecule has 1 aromatic rings. The number of nitrogens with one attached hydrogen (secondary N) is 1. The lowest BCUT2D eigenvalue weighted by Gasteiger charge is -2.26. The molecule has 2 atom stereocenters. The molecule has 2 fully saturated rings. The van der Waals surface area contributed by atoms with Crippen molar-refractivity contribution in [1.82, 2.24) is 20.0 Å². The number of aryl methyl sites for hydroxylation is 1. The number of rotatable bonds is 5. The van der Waals surface area contributed by atoms with Gasteiger partial charge in [0.25, 0.3) is 0 Å². The third-order valence-electron chi connectivity index (χ3n) is 4.55. The molecule has 0 bridgehead atoms. The predicted octanol–water partition coefficient (Wildman–Crippen LogP) is 0.982. The van der Waals surface area contributed by atoms with Gasteiger partial charge in [0.05, 0.1) is 12.1 Å². The second kappa shape index (κ2) is 5.56. The normalized spacial score (nSPS) is 25.9. The van der Waals surface area contributed by atoms with Crippen LogP contribution in [-0.4, -0.2) is 46.8 Å². The first-order valence-corrected chi connectivity index (χ1v) is 7.67. The van der Waals surface area contributed by atoms with Gasteiger partial charge in [-0.2, -0.15) is 5.10 Å². The quantitative estimate of drug-likeness (QED) is 0.872. The molecule has 0 radical (unpaired) electrons. The van der Waals surface area contributed by atoms with Crippen molar-refractivity contribution in [2.75, 3.05) is 26.2 Å². The summed E-state index contributed by atoms with van der Waals surface area (Å²) in [5.41, 5.74) is 1.18. The Hall–Kier alpha value is -1.36. The van der Waals surface area contributed by atoms with Crippen LogP contribution < -0.4 is 5.32 Å². The van der Waals surface area contributed by atoms with E-state index in [1.807, 2.05) is 24.1 Å². The van der Waals surface area contributed by atoms with Gasteiger partial charge in [0.15, 0.2) is 0 Å². The summed E-state index contributed by atoms with van der Waals surface area (Å²) in [5.74, 6) is 1.41. The number of carbonyl (C=O) groups excluding carboxylic acids is 1. The molecule has 0 aromatic carbocycles. The highest BCUT2D eigenvalue weighted by Gasteiger charge is 2.38. The van der Waals surface area contributed by atoms with Crippen molar-refractivity contribution in [1.29, 1.82) is 0 Å². The summed E-state index contributed by atoms with van der Waals surface area (Å²) in [6.07, 6.45) is 6.52. The van der Waals surface area contributed by atoms with Crippen LogP contribution in [0.5, 0.6) is 0 Å². The lowest BCUT2D eigenvalue weighted by atomic mass is 9.89. The number of aromatic nitrogens is 2. The molecule has 2 aliphatic rings. The van der Waals surface area contributed by atoms with Gasteiger partial charge in [-0.1, -0.05) is 0 Å². The van der Waals surface area contributed by atoms with Crippen LogP contribution >= 0.6 is 0 Å². The van der Waals surface area contributed by atoms with E-state index in [4.69, 9.17) is 0 Å². The molecule has 0 unspecified atom stereocenters. The van der Waals surface area contributed by atoms with E-state index in [0.717, 1.165) is 32.1 Å². The van der Waals surface area contributed by atoms with E-state index in [9.17, 15) is 4.79 Å². The molecule has 1 saturated carbocycles. The fourth-order valence-corrected chi connectivity index (χ4v) is 3.14. The van der Waals surface area contributed by atoms with Crippen molar-refractivity contribution in [2.45, 2.75) is 25.7 Å². The van der Waals surface area contributed by atoms with Gasteiger partial charge in [0.1, 0.15) is 0 Å². The molecule has 1 aromatic heterocycles. The van der Waals surface area contributed by atoms with E-state index >= 15 is 0 Å². The summed E-state index contributed by atoms with van der Waals surface area (Å²) in [5, 5.41) is 7.62. The molecule has 5 nitrogen and oxygen atoms in total. The molecule has 3 rings (SSSR count). The lowest BCUT2D eigenvalue weighted by Crippen LogP contribution is -2.39. The Morgan fingerprint density at radius 1 is 1.50 bits per heavy atom. The van der Waals surface area contributed by atoms with Crippen molar-refractivity contribution >= 4 is 5.91 Å². The van der Waals surface area contributed by atoms with Crippen molar-refractivity contribution < 1.29 is 4.79 Å². The molecular weight excluding hydrogens is 252 g/mol. The smallest absolute Gasteiger partial charge is 0.227 e. The summed E-state index contributed by atoms with van der Waals surface area (Å²) in [4.78, 5) is 14.8. The van der Waals surface area contributed by atoms with Crippen LogP contribution in [0.4, 0.5) is 0 Å². The molecule has 5 heteroatoms. The molecule has 1 aliphatic heterocycles. The third kappa shape index (κ3) is 2.73. The Labute approximate surface area is 120 Å². The lowest BCUT2D eigenvalue weighted by molar-refractivity contribution is -0.135. The maximum atomic E-state index is 12.8. The van der Waals surface area contributed by atoms with E-state index in [-0.39, 0.29) is 11.8 Å². The summed E-state index contributed by atoms with van der Waals surface area (Å²) in [6, 6.07) is 0. The van der Waals surface area contributed by atoms with Gasteiger partial charge in [-0.25, -0.2) is 0 Å². The monoisotopic (exact) mass is 276 g/mol. The van der Waals surface area contributed by atoms with Crippen molar-refractivity contribution in [3.05, 3.63) is 18.0 Å². The number of amides is 1. The molecular formula is C15H24N4O. The minimum Gasteiger partial charge on any atom is -0.342 e. The van der Waals surface area contributed by atoms with Gasteiger partial charge in [0.2, 0.25) is 5.91 Å². The van der Waals surface area contributed by atoms with Crippen LogP contribution in [0.15, 0.2) is 12.4 Å². The highest BCUT2D eigenvalue weighted by atomic mass is 16.2. The van der Waals surface area contributed by atoms with Crippen molar-refractivity contribution in [3.63, 3.8) is 0 Å². The minimum atomic E-state index is 0.0675. The molecule has 110 valence electrons. The Morgan fingerprint density at radius 2 is 2.30 bits per heavy atom. The van der Waals surface area contributed by atoms with Crippen LogP contribution in [0.25, 0.3) is 0 Å². The highest BCUT2D eigenvalue weighted by Crippen LogP contribution is 2.33. The first kappa shape index (κ1) is 13.6. The number of nitrogens with zero attached hydrogens (tertiary/aromatic N) is 3. The van der Waals surface area contributed by atoms with E-state index in [1.54, 1.807) is 0 Å². The van der Waals surface area contributed by atoms with Crippen LogP contribution in [0.1, 0.15) is 31.2 Å². The second-order valence-electron chi connectivity index (χ2n) is 6.14. The maximum absolute atomic E-state index is 12.8. The molecule has 20 heavy (non-hydrogen) atoms. The molecule has 1 aliphatic carbocycles. The predicted molar refractivity (Wildman–Crippen MR) is 77.3 cm³/mol. The summed E-state index contributed by atoms with van der Waals surface area (Å²) in [6.45, 7) is 5.53. The van der Waals surface area contributed by atoms with Crippen LogP contribution in [0, 0.1) is 11.8 Å². The van der Waals surface area contributed by atoms with Gasteiger partial charge in [-0.3, -0.25) is 9.48 Å². The molecule has 1 saturated heterocycles. The fraction of sp³-hybridized carbons (Fsp3) is 0.733. The largest absolute Gasteiger partial charge is 0.342 e. The zero-order valence-corrected chi connectivity index (χ0v) is 12.4. The SMILES string of the molecule is CCN(CC1CC1)C(=O)[C@H]1CNC[C@@H]1c1cnn(C)c1. The maximum Gasteiger partial charge on any atom is 0.227 e. The van der Waals surface area contributed by atoms with Gasteiger partial charge in [-0.05, 0) is 31.2 Å². The highest BCUT2D eigenvalue weighted by molar-refractivity contribution is 5.80. The van der Waals surface area contributed by atoms with Crippen LogP contribution in [0.2, 0.25) is 0 Å². The van der Waals surface area contributed by atoms with Gasteiger partial charge < -0.3 is 10.2 Å². The number of hydrogen-bond acceptors (Lipinski definition) is 3. The number of hydrogen-bond donors (Lipinski definition) is 1. The second-order valence-corrected chi connectivity index (χ2v) is 6.14. The Balaban J connectivity index is 1.71. The zero-order chi connectivity index (χ0) is 14.1. The zero-order valence-electron chi connectivity index (χ0n) is 12.4. The average Bonchev–Trinajstić information content (AvgIpc) is 2.95. The Morgan fingerprint density at radius 3 is 2.90 bits per heavy atom. The Bertz CT molecular complexity index is 480. The molecule has 1 amide bonds. The van der Waals surface area contributed by atoms with Crippen LogP contribution in [-0.2, 0) is 11.8 Å². The molecule has 2 heterocycles. The number of carbonyl (C=O) groups is 1. The van der Waals surface area contributed by atoms with Crippen molar-refractivity contribution in [2.24, 2.45) is 18.9 Å². The summed E-state index contributed by atoms with van der Waals surface area (Å²) in [7, 11) is 1.92. The molecule has 1 N–H and O–H groups in total. The summed E-state index contributed by atoms with van der Waals surface area (Å²) < 4.78 is 1.82. The first-order chi connectivity index (χ1) is 9.69. The summed E-state index contributed by atoms with van der Waals surface area (Å²) >= 11 is 0. The first-order valence-electron chi connectivity index (χ1n) is 7.67. The third-order valence-corrected chi connectivity index (χ3v) is 4.55. The standard InChI is InChI=1S/C15H24N4O/c1-3-19(9-11-4-5-11)15(20)14-8-16-7-13(14)12-6-17-18(2)10-12/h6,10-11,13-14,16H,3-5,7-9H2,1-2H3/t13-,14+/m1/s1.